The van der Waals surface area contributed by atoms with Gasteiger partial charge in [-0.15, -0.1) is 0 Å². The quantitative estimate of drug-likeness (QED) is 0.757. The smallest absolute Gasteiger partial charge is 0.333 e. The molecule has 0 saturated carbocycles. The normalized spacial score (nSPS) is 13.9. The molecule has 0 heterocycles. The summed E-state index contributed by atoms with van der Waals surface area (Å²) in [6.07, 6.45) is 0.150. The van der Waals surface area contributed by atoms with Crippen LogP contribution in [0.4, 0.5) is 8.78 Å². The van der Waals surface area contributed by atoms with Crippen molar-refractivity contribution in [2.75, 3.05) is 0 Å². The predicted octanol–water partition coefficient (Wildman–Crippen LogP) is 1.01. The van der Waals surface area contributed by atoms with Gasteiger partial charge in [-0.25, -0.2) is 13.6 Å². The van der Waals surface area contributed by atoms with E-state index in [4.69, 9.17) is 5.11 Å². The topological polar surface area (TPSA) is 66.4 Å². The summed E-state index contributed by atoms with van der Waals surface area (Å²) in [7, 11) is 0. The van der Waals surface area contributed by atoms with Gasteiger partial charge in [0, 0.05) is 11.6 Å². The van der Waals surface area contributed by atoms with Crippen LogP contribution in [0.25, 0.3) is 0 Å². The maximum Gasteiger partial charge on any atom is 0.333 e. The second-order valence-corrected chi connectivity index (χ2v) is 3.32. The number of aliphatic carboxylic acids is 1. The van der Waals surface area contributed by atoms with Crippen LogP contribution in [-0.4, -0.2) is 17.5 Å². The van der Waals surface area contributed by atoms with E-state index in [1.165, 1.54) is 0 Å². The number of amides is 1. The van der Waals surface area contributed by atoms with Crippen LogP contribution >= 0.6 is 0 Å². The summed E-state index contributed by atoms with van der Waals surface area (Å²) in [5.74, 6) is -3.29. The number of nitrogens with one attached hydrogen (secondary N) is 1. The zero-order chi connectivity index (χ0) is 12.3. The minimum atomic E-state index is -1.92. The van der Waals surface area contributed by atoms with Crippen molar-refractivity contribution < 1.29 is 23.5 Å². The molecule has 1 atom stereocenters. The lowest BCUT2D eigenvalue weighted by atomic mass is 9.92. The molecule has 1 aromatic carbocycles. The second-order valence-electron chi connectivity index (χ2n) is 3.32. The Morgan fingerprint density at radius 2 is 2.12 bits per heavy atom. The molecule has 0 fully saturated rings. The van der Waals surface area contributed by atoms with E-state index in [0.29, 0.717) is 6.07 Å². The van der Waals surface area contributed by atoms with E-state index in [2.05, 4.69) is 0 Å². The molecule has 1 rings (SSSR count). The number of carbonyl (C=O) groups excluding carboxylic acids is 1. The van der Waals surface area contributed by atoms with E-state index in [1.54, 1.807) is 0 Å². The first kappa shape index (κ1) is 12.1. The van der Waals surface area contributed by atoms with Crippen LogP contribution in [0.1, 0.15) is 12.5 Å². The molecular formula is C10H9F2NO3. The van der Waals surface area contributed by atoms with Crippen molar-refractivity contribution in [2.45, 2.75) is 12.5 Å². The van der Waals surface area contributed by atoms with Crippen molar-refractivity contribution in [2.24, 2.45) is 0 Å². The number of benzene rings is 1. The minimum absolute atomic E-state index is 0.150. The Balaban J connectivity index is 3.31. The van der Waals surface area contributed by atoms with Gasteiger partial charge in [0.15, 0.2) is 5.54 Å². The van der Waals surface area contributed by atoms with Crippen LogP contribution in [0.3, 0.4) is 0 Å². The molecule has 86 valence electrons. The summed E-state index contributed by atoms with van der Waals surface area (Å²) >= 11 is 0. The third-order valence-corrected chi connectivity index (χ3v) is 2.25. The summed E-state index contributed by atoms with van der Waals surface area (Å²) in [4.78, 5) is 21.3. The molecular weight excluding hydrogens is 220 g/mol. The van der Waals surface area contributed by atoms with E-state index in [-0.39, 0.29) is 12.0 Å². The lowest BCUT2D eigenvalue weighted by molar-refractivity contribution is -0.146. The van der Waals surface area contributed by atoms with Gasteiger partial charge in [-0.1, -0.05) is 6.07 Å². The lowest BCUT2D eigenvalue weighted by Gasteiger charge is -2.24. The highest BCUT2D eigenvalue weighted by atomic mass is 19.1. The van der Waals surface area contributed by atoms with E-state index in [1.807, 2.05) is 5.32 Å². The Bertz CT molecular complexity index is 436. The van der Waals surface area contributed by atoms with Crippen LogP contribution in [0.2, 0.25) is 0 Å². The van der Waals surface area contributed by atoms with Gasteiger partial charge < -0.3 is 10.4 Å². The standard InChI is InChI=1S/C10H9F2NO3/c1-10(9(15)16,13-5-14)7-3-2-6(11)4-8(7)12/h2-5H,1H3,(H,13,14)(H,15,16). The van der Waals surface area contributed by atoms with Crippen molar-refractivity contribution in [1.82, 2.24) is 5.32 Å². The van der Waals surface area contributed by atoms with Crippen molar-refractivity contribution >= 4 is 12.4 Å². The number of hydrogen-bond donors (Lipinski definition) is 2. The van der Waals surface area contributed by atoms with Gasteiger partial charge in [0.25, 0.3) is 0 Å². The van der Waals surface area contributed by atoms with E-state index < -0.39 is 23.1 Å². The second kappa shape index (κ2) is 4.26. The molecule has 2 N–H and O–H groups in total. The Labute approximate surface area is 89.9 Å². The van der Waals surface area contributed by atoms with Crippen molar-refractivity contribution in [1.29, 1.82) is 0 Å². The number of carboxylic acids is 1. The monoisotopic (exact) mass is 229 g/mol. The molecule has 0 saturated heterocycles. The number of rotatable bonds is 4. The maximum atomic E-state index is 13.4. The third-order valence-electron chi connectivity index (χ3n) is 2.25. The fraction of sp³-hybridized carbons (Fsp3) is 0.200. The van der Waals surface area contributed by atoms with Gasteiger partial charge >= 0.3 is 5.97 Å². The summed E-state index contributed by atoms with van der Waals surface area (Å²) in [5.41, 5.74) is -2.23. The van der Waals surface area contributed by atoms with Crippen molar-refractivity contribution in [3.05, 3.63) is 35.4 Å². The zero-order valence-electron chi connectivity index (χ0n) is 8.33. The van der Waals surface area contributed by atoms with Gasteiger partial charge in [0.05, 0.1) is 0 Å². The van der Waals surface area contributed by atoms with E-state index >= 15 is 0 Å². The Morgan fingerprint density at radius 3 is 2.56 bits per heavy atom. The molecule has 0 bridgehead atoms. The van der Waals surface area contributed by atoms with Crippen molar-refractivity contribution in [3.8, 4) is 0 Å². The van der Waals surface area contributed by atoms with Gasteiger partial charge in [0.2, 0.25) is 6.41 Å². The first-order valence-corrected chi connectivity index (χ1v) is 4.32. The van der Waals surface area contributed by atoms with E-state index in [0.717, 1.165) is 19.1 Å². The third kappa shape index (κ3) is 2.00. The van der Waals surface area contributed by atoms with Crippen LogP contribution in [0.15, 0.2) is 18.2 Å². The molecule has 6 heteroatoms. The molecule has 0 aliphatic carbocycles. The van der Waals surface area contributed by atoms with Crippen LogP contribution < -0.4 is 5.32 Å². The molecule has 1 unspecified atom stereocenters. The summed E-state index contributed by atoms with van der Waals surface area (Å²) in [5, 5.41) is 10.9. The summed E-state index contributed by atoms with van der Waals surface area (Å²) in [6.45, 7) is 1.11. The highest BCUT2D eigenvalue weighted by Crippen LogP contribution is 2.24. The van der Waals surface area contributed by atoms with Crippen molar-refractivity contribution in [3.63, 3.8) is 0 Å². The van der Waals surface area contributed by atoms with Gasteiger partial charge in [0.1, 0.15) is 11.6 Å². The predicted molar refractivity (Wildman–Crippen MR) is 50.5 cm³/mol. The highest BCUT2D eigenvalue weighted by molar-refractivity contribution is 5.82. The zero-order valence-corrected chi connectivity index (χ0v) is 8.33. The van der Waals surface area contributed by atoms with Gasteiger partial charge in [-0.05, 0) is 13.0 Å². The first-order chi connectivity index (χ1) is 7.41. The average molecular weight is 229 g/mol. The Kier molecular flexibility index (Phi) is 3.22. The number of carboxylic acid groups (broad SMARTS) is 1. The highest BCUT2D eigenvalue weighted by Gasteiger charge is 2.37. The average Bonchev–Trinajstić information content (AvgIpc) is 2.17. The molecule has 16 heavy (non-hydrogen) atoms. The van der Waals surface area contributed by atoms with Crippen LogP contribution in [0.5, 0.6) is 0 Å². The first-order valence-electron chi connectivity index (χ1n) is 4.32. The molecule has 1 aromatic rings. The number of halogens is 2. The summed E-state index contributed by atoms with van der Waals surface area (Å²) in [6, 6.07) is 2.46. The Morgan fingerprint density at radius 1 is 1.50 bits per heavy atom. The Hall–Kier alpha value is -1.98. The van der Waals surface area contributed by atoms with E-state index in [9.17, 15) is 18.4 Å². The summed E-state index contributed by atoms with van der Waals surface area (Å²) < 4.78 is 26.0. The number of carbonyl (C=O) groups is 2. The fourth-order valence-electron chi connectivity index (χ4n) is 1.27. The fourth-order valence-corrected chi connectivity index (χ4v) is 1.27. The van der Waals surface area contributed by atoms with Gasteiger partial charge in [-0.3, -0.25) is 4.79 Å². The molecule has 4 nitrogen and oxygen atoms in total. The SMILES string of the molecule is CC(NC=O)(C(=O)O)c1ccc(F)cc1F. The molecule has 0 aliphatic rings. The molecule has 1 amide bonds. The lowest BCUT2D eigenvalue weighted by Crippen LogP contribution is -2.46. The number of hydrogen-bond acceptors (Lipinski definition) is 2. The van der Waals surface area contributed by atoms with Crippen LogP contribution in [0, 0.1) is 11.6 Å². The van der Waals surface area contributed by atoms with Gasteiger partial charge in [-0.2, -0.15) is 0 Å². The molecule has 0 spiro atoms. The molecule has 0 aromatic heterocycles. The molecule has 0 radical (unpaired) electrons. The largest absolute Gasteiger partial charge is 0.479 e. The van der Waals surface area contributed by atoms with Crippen LogP contribution in [-0.2, 0) is 15.1 Å². The molecule has 0 aliphatic heterocycles. The maximum absolute atomic E-state index is 13.4. The minimum Gasteiger partial charge on any atom is -0.479 e.